The first-order valence-corrected chi connectivity index (χ1v) is 17.1. The predicted octanol–water partition coefficient (Wildman–Crippen LogP) is 6.11. The molecule has 3 fully saturated rings. The number of hydrogen-bond donors (Lipinski definition) is 0. The largest absolute Gasteiger partial charge is 0.461 e. The summed E-state index contributed by atoms with van der Waals surface area (Å²) >= 11 is 0. The Morgan fingerprint density at radius 1 is 1.02 bits per heavy atom. The summed E-state index contributed by atoms with van der Waals surface area (Å²) in [6.07, 6.45) is 10.9. The number of terminal acetylenes is 1. The van der Waals surface area contributed by atoms with Gasteiger partial charge >= 0.3 is 6.01 Å². The van der Waals surface area contributed by atoms with Gasteiger partial charge in [0, 0.05) is 79.5 Å². The van der Waals surface area contributed by atoms with Crippen molar-refractivity contribution in [1.82, 2.24) is 29.7 Å². The molecule has 52 heavy (non-hydrogen) atoms. The van der Waals surface area contributed by atoms with E-state index in [0.29, 0.717) is 41.0 Å². The van der Waals surface area contributed by atoms with Crippen molar-refractivity contribution in [1.29, 1.82) is 0 Å². The molecule has 0 bridgehead atoms. The number of rotatable bonds is 7. The third kappa shape index (κ3) is 5.96. The summed E-state index contributed by atoms with van der Waals surface area (Å²) in [4.78, 5) is 36.1. The molecule has 1 amide bonds. The SMILES string of the molecule is C#Cc1ccc(F)c2cccc(-c3ncc4c(N5CCN(C(=O)/C(F)=C/c6ccccn6)CC5)nc(OCC56CCCN5C[C@H](F)C6)nc4c3F)c12. The van der Waals surface area contributed by atoms with Crippen LogP contribution in [-0.2, 0) is 4.79 Å². The van der Waals surface area contributed by atoms with Crippen LogP contribution in [0, 0.1) is 24.0 Å². The Hall–Kier alpha value is -5.61. The second kappa shape index (κ2) is 13.5. The van der Waals surface area contributed by atoms with Crippen LogP contribution in [0.2, 0.25) is 0 Å². The first-order chi connectivity index (χ1) is 25.2. The molecule has 1 unspecified atom stereocenters. The molecule has 2 atom stereocenters. The first-order valence-electron chi connectivity index (χ1n) is 17.1. The zero-order valence-corrected chi connectivity index (χ0v) is 28.0. The van der Waals surface area contributed by atoms with Crippen molar-refractivity contribution in [2.24, 2.45) is 0 Å². The molecule has 0 N–H and O–H groups in total. The zero-order valence-electron chi connectivity index (χ0n) is 28.0. The van der Waals surface area contributed by atoms with E-state index < -0.39 is 35.1 Å². The number of fused-ring (bicyclic) bond motifs is 3. The van der Waals surface area contributed by atoms with E-state index in [1.165, 1.54) is 29.4 Å². The van der Waals surface area contributed by atoms with Gasteiger partial charge in [0.15, 0.2) is 11.6 Å². The van der Waals surface area contributed by atoms with Crippen LogP contribution in [0.1, 0.15) is 30.5 Å². The van der Waals surface area contributed by atoms with Gasteiger partial charge in [0.1, 0.15) is 35.6 Å². The molecular weight excluding hydrogens is 674 g/mol. The fourth-order valence-corrected chi connectivity index (χ4v) is 7.78. The average Bonchev–Trinajstić information content (AvgIpc) is 3.70. The summed E-state index contributed by atoms with van der Waals surface area (Å²) in [5.41, 5.74) is 0.321. The van der Waals surface area contributed by atoms with Gasteiger partial charge in [-0.15, -0.1) is 6.42 Å². The molecule has 0 radical (unpaired) electrons. The number of alkyl halides is 1. The smallest absolute Gasteiger partial charge is 0.319 e. The molecule has 13 heteroatoms. The minimum absolute atomic E-state index is 0.0842. The molecule has 3 saturated heterocycles. The summed E-state index contributed by atoms with van der Waals surface area (Å²) in [7, 11) is 0. The van der Waals surface area contributed by atoms with Crippen molar-refractivity contribution in [3.05, 3.63) is 89.6 Å². The highest BCUT2D eigenvalue weighted by atomic mass is 19.1. The first kappa shape index (κ1) is 33.5. The molecule has 9 nitrogen and oxygen atoms in total. The summed E-state index contributed by atoms with van der Waals surface area (Å²) in [6, 6.07) is 12.4. The number of pyridine rings is 2. The quantitative estimate of drug-likeness (QED) is 0.114. The monoisotopic (exact) mass is 707 g/mol. The number of carbonyl (C=O) groups excluding carboxylic acids is 1. The molecule has 264 valence electrons. The zero-order chi connectivity index (χ0) is 36.0. The lowest BCUT2D eigenvalue weighted by Crippen LogP contribution is -2.49. The van der Waals surface area contributed by atoms with Crippen molar-refractivity contribution >= 4 is 39.5 Å². The lowest BCUT2D eigenvalue weighted by Gasteiger charge is -2.35. The minimum atomic E-state index is -0.968. The highest BCUT2D eigenvalue weighted by Gasteiger charge is 2.49. The predicted molar refractivity (Wildman–Crippen MR) is 189 cm³/mol. The van der Waals surface area contributed by atoms with Gasteiger partial charge in [0.2, 0.25) is 0 Å². The average molecular weight is 708 g/mol. The fourth-order valence-electron chi connectivity index (χ4n) is 7.78. The van der Waals surface area contributed by atoms with E-state index in [1.54, 1.807) is 36.4 Å². The van der Waals surface area contributed by atoms with Crippen molar-refractivity contribution in [2.75, 3.05) is 50.8 Å². The van der Waals surface area contributed by atoms with E-state index in [9.17, 15) is 18.0 Å². The van der Waals surface area contributed by atoms with E-state index in [4.69, 9.17) is 16.1 Å². The Labute approximate surface area is 297 Å². The molecule has 0 saturated carbocycles. The van der Waals surface area contributed by atoms with E-state index in [1.807, 2.05) is 4.90 Å². The molecule has 8 rings (SSSR count). The van der Waals surface area contributed by atoms with Crippen molar-refractivity contribution < 1.29 is 27.1 Å². The Kier molecular flexibility index (Phi) is 8.71. The number of amides is 1. The molecule has 3 aromatic heterocycles. The Morgan fingerprint density at radius 3 is 2.65 bits per heavy atom. The van der Waals surface area contributed by atoms with Crippen LogP contribution in [0.4, 0.5) is 23.4 Å². The number of aromatic nitrogens is 4. The highest BCUT2D eigenvalue weighted by molar-refractivity contribution is 6.02. The van der Waals surface area contributed by atoms with Crippen LogP contribution < -0.4 is 9.64 Å². The lowest BCUT2D eigenvalue weighted by molar-refractivity contribution is -0.128. The lowest BCUT2D eigenvalue weighted by atomic mass is 9.95. The van der Waals surface area contributed by atoms with Gasteiger partial charge in [-0.1, -0.05) is 30.2 Å². The van der Waals surface area contributed by atoms with Gasteiger partial charge in [0.05, 0.1) is 16.6 Å². The van der Waals surface area contributed by atoms with E-state index in [2.05, 4.69) is 25.8 Å². The number of ether oxygens (including phenoxy) is 1. The topological polar surface area (TPSA) is 87.6 Å². The maximum absolute atomic E-state index is 16.9. The molecular formula is C39H33F4N7O2. The third-order valence-electron chi connectivity index (χ3n) is 10.3. The normalized spacial score (nSPS) is 20.8. The molecule has 5 aromatic rings. The molecule has 3 aliphatic heterocycles. The van der Waals surface area contributed by atoms with Gasteiger partial charge in [-0.2, -0.15) is 9.97 Å². The van der Waals surface area contributed by atoms with Gasteiger partial charge in [-0.05, 0) is 43.7 Å². The standard InChI is InChI=1S/C39H33F4N7O2/c1-2-24-10-11-30(41)27-8-5-9-28(32(24)27)34-33(43)35-29(21-45-34)36(47-38(46-35)52-23-39-12-6-14-50(39)22-25(40)20-39)48-15-17-49(18-16-48)37(51)31(42)19-26-7-3-4-13-44-26/h1,3-5,7-11,13,19,21,25H,6,12,14-18,20,22-23H2/b31-19-/t25-,39?/m1/s1. The van der Waals surface area contributed by atoms with Crippen LogP contribution in [0.3, 0.4) is 0 Å². The van der Waals surface area contributed by atoms with Crippen LogP contribution >= 0.6 is 0 Å². The number of benzene rings is 2. The van der Waals surface area contributed by atoms with Crippen LogP contribution in [0.15, 0.2) is 66.8 Å². The summed E-state index contributed by atoms with van der Waals surface area (Å²) in [6.45, 7) is 2.02. The van der Waals surface area contributed by atoms with E-state index in [0.717, 1.165) is 25.5 Å². The summed E-state index contributed by atoms with van der Waals surface area (Å²) < 4.78 is 67.4. The molecule has 0 spiro atoms. The van der Waals surface area contributed by atoms with E-state index in [-0.39, 0.29) is 60.8 Å². The van der Waals surface area contributed by atoms with Crippen LogP contribution in [-0.4, -0.2) is 93.2 Å². The van der Waals surface area contributed by atoms with Gasteiger partial charge in [0.25, 0.3) is 5.91 Å². The second-order valence-electron chi connectivity index (χ2n) is 13.4. The fraction of sp³-hybridized carbons (Fsp3) is 0.308. The van der Waals surface area contributed by atoms with Crippen molar-refractivity contribution in [2.45, 2.75) is 31.0 Å². The Bertz CT molecular complexity index is 2270. The number of piperazine rings is 1. The maximum atomic E-state index is 16.9. The number of halogens is 4. The molecule has 2 aromatic carbocycles. The van der Waals surface area contributed by atoms with Crippen LogP contribution in [0.5, 0.6) is 6.01 Å². The van der Waals surface area contributed by atoms with Gasteiger partial charge in [-0.3, -0.25) is 19.7 Å². The van der Waals surface area contributed by atoms with Crippen LogP contribution in [0.25, 0.3) is 39.0 Å². The Morgan fingerprint density at radius 2 is 1.87 bits per heavy atom. The Balaban J connectivity index is 1.16. The molecule has 0 aliphatic carbocycles. The number of carbonyl (C=O) groups is 1. The second-order valence-corrected chi connectivity index (χ2v) is 13.4. The number of anilines is 1. The van der Waals surface area contributed by atoms with Gasteiger partial charge < -0.3 is 14.5 Å². The highest BCUT2D eigenvalue weighted by Crippen LogP contribution is 2.41. The maximum Gasteiger partial charge on any atom is 0.319 e. The van der Waals surface area contributed by atoms with Gasteiger partial charge in [-0.25, -0.2) is 17.6 Å². The number of nitrogens with zero attached hydrogens (tertiary/aromatic N) is 7. The van der Waals surface area contributed by atoms with Crippen molar-refractivity contribution in [3.8, 4) is 29.6 Å². The number of hydrogen-bond acceptors (Lipinski definition) is 8. The van der Waals surface area contributed by atoms with Crippen molar-refractivity contribution in [3.63, 3.8) is 0 Å². The third-order valence-corrected chi connectivity index (χ3v) is 10.3. The minimum Gasteiger partial charge on any atom is -0.461 e. The van der Waals surface area contributed by atoms with E-state index >= 15 is 4.39 Å². The molecule has 6 heterocycles. The summed E-state index contributed by atoms with van der Waals surface area (Å²) in [5.74, 6) is -0.111. The summed E-state index contributed by atoms with van der Waals surface area (Å²) in [5, 5.41) is 0.848. The molecule has 3 aliphatic rings.